The number of rotatable bonds is 5. The van der Waals surface area contributed by atoms with Gasteiger partial charge in [0.1, 0.15) is 5.75 Å². The number of amides is 2. The van der Waals surface area contributed by atoms with Crippen LogP contribution in [0.4, 0.5) is 5.69 Å². The second-order valence-electron chi connectivity index (χ2n) is 6.24. The van der Waals surface area contributed by atoms with E-state index in [2.05, 4.69) is 0 Å². The van der Waals surface area contributed by atoms with E-state index >= 15 is 0 Å². The van der Waals surface area contributed by atoms with Crippen LogP contribution in [0.2, 0.25) is 0 Å². The van der Waals surface area contributed by atoms with Crippen LogP contribution in [0.15, 0.2) is 42.0 Å². The van der Waals surface area contributed by atoms with E-state index < -0.39 is 11.9 Å². The standard InChI is InChI=1S/C21H19NO7/c1-12(23)29-16-6-4-15(5-7-16)22-19(24)11-14(21(22)26)8-13-9-17(27-2)20(25)18(10-13)28-3/h4-10,25H,11H2,1-3H3. The number of phenols is 1. The Bertz CT molecular complexity index is 983. The molecule has 2 aromatic rings. The molecule has 2 aromatic carbocycles. The lowest BCUT2D eigenvalue weighted by atomic mass is 10.1. The van der Waals surface area contributed by atoms with Gasteiger partial charge < -0.3 is 19.3 Å². The molecule has 1 saturated heterocycles. The smallest absolute Gasteiger partial charge is 0.308 e. The largest absolute Gasteiger partial charge is 0.502 e. The molecule has 1 aliphatic rings. The molecule has 0 aromatic heterocycles. The zero-order chi connectivity index (χ0) is 21.1. The summed E-state index contributed by atoms with van der Waals surface area (Å²) in [6, 6.07) is 9.16. The van der Waals surface area contributed by atoms with Crippen molar-refractivity contribution in [3.05, 3.63) is 47.5 Å². The van der Waals surface area contributed by atoms with E-state index in [1.165, 1.54) is 45.4 Å². The predicted molar refractivity (Wildman–Crippen MR) is 104 cm³/mol. The highest BCUT2D eigenvalue weighted by Crippen LogP contribution is 2.38. The highest BCUT2D eigenvalue weighted by Gasteiger charge is 2.35. The molecule has 0 aliphatic carbocycles. The van der Waals surface area contributed by atoms with Crippen molar-refractivity contribution in [2.24, 2.45) is 0 Å². The quantitative estimate of drug-likeness (QED) is 0.358. The van der Waals surface area contributed by atoms with Gasteiger partial charge in [-0.1, -0.05) is 0 Å². The number of carbonyl (C=O) groups excluding carboxylic acids is 3. The number of ether oxygens (including phenoxy) is 3. The Hall–Kier alpha value is -3.81. The number of esters is 1. The molecule has 8 heteroatoms. The fourth-order valence-corrected chi connectivity index (χ4v) is 2.98. The number of benzene rings is 2. The summed E-state index contributed by atoms with van der Waals surface area (Å²) in [5, 5.41) is 10.0. The summed E-state index contributed by atoms with van der Waals surface area (Å²) < 4.78 is 15.2. The summed E-state index contributed by atoms with van der Waals surface area (Å²) in [5.74, 6) is -0.756. The van der Waals surface area contributed by atoms with Gasteiger partial charge in [-0.15, -0.1) is 0 Å². The first kappa shape index (κ1) is 19.9. The van der Waals surface area contributed by atoms with Gasteiger partial charge in [-0.3, -0.25) is 14.4 Å². The zero-order valence-electron chi connectivity index (χ0n) is 16.1. The summed E-state index contributed by atoms with van der Waals surface area (Å²) in [7, 11) is 2.80. The summed E-state index contributed by atoms with van der Waals surface area (Å²) in [6.07, 6.45) is 1.48. The molecular formula is C21H19NO7. The van der Waals surface area contributed by atoms with Crippen LogP contribution in [0, 0.1) is 0 Å². The summed E-state index contributed by atoms with van der Waals surface area (Å²) in [6.45, 7) is 1.28. The molecule has 1 fully saturated rings. The molecule has 0 unspecified atom stereocenters. The maximum atomic E-state index is 12.8. The fraction of sp³-hybridized carbons (Fsp3) is 0.190. The van der Waals surface area contributed by atoms with E-state index in [0.29, 0.717) is 17.0 Å². The minimum atomic E-state index is -0.462. The van der Waals surface area contributed by atoms with Gasteiger partial charge in [0.2, 0.25) is 11.7 Å². The number of hydrogen-bond donors (Lipinski definition) is 1. The van der Waals surface area contributed by atoms with Gasteiger partial charge in [-0.2, -0.15) is 0 Å². The minimum Gasteiger partial charge on any atom is -0.502 e. The third kappa shape index (κ3) is 4.06. The number of carbonyl (C=O) groups is 3. The Kier molecular flexibility index (Phi) is 5.54. The fourth-order valence-electron chi connectivity index (χ4n) is 2.98. The summed E-state index contributed by atoms with van der Waals surface area (Å²) in [4.78, 5) is 37.3. The molecule has 1 aliphatic heterocycles. The number of methoxy groups -OCH3 is 2. The molecule has 150 valence electrons. The molecule has 0 radical (unpaired) electrons. The van der Waals surface area contributed by atoms with Gasteiger partial charge >= 0.3 is 5.97 Å². The van der Waals surface area contributed by atoms with Gasteiger partial charge in [0, 0.05) is 12.5 Å². The van der Waals surface area contributed by atoms with Crippen molar-refractivity contribution in [1.29, 1.82) is 0 Å². The Labute approximate surface area is 166 Å². The minimum absolute atomic E-state index is 0.0734. The number of nitrogens with zero attached hydrogens (tertiary/aromatic N) is 1. The summed E-state index contributed by atoms with van der Waals surface area (Å²) in [5.41, 5.74) is 1.20. The van der Waals surface area contributed by atoms with E-state index in [1.807, 2.05) is 0 Å². The van der Waals surface area contributed by atoms with Crippen molar-refractivity contribution in [2.45, 2.75) is 13.3 Å². The van der Waals surface area contributed by atoms with Gasteiger partial charge in [0.25, 0.3) is 5.91 Å². The lowest BCUT2D eigenvalue weighted by Gasteiger charge is -2.14. The highest BCUT2D eigenvalue weighted by atomic mass is 16.5. The molecule has 0 saturated carbocycles. The Morgan fingerprint density at radius 3 is 2.17 bits per heavy atom. The summed E-state index contributed by atoms with van der Waals surface area (Å²) >= 11 is 0. The first-order valence-electron chi connectivity index (χ1n) is 8.65. The van der Waals surface area contributed by atoms with Crippen molar-refractivity contribution >= 4 is 29.5 Å². The second-order valence-corrected chi connectivity index (χ2v) is 6.24. The monoisotopic (exact) mass is 397 g/mol. The highest BCUT2D eigenvalue weighted by molar-refractivity contribution is 6.29. The van der Waals surface area contributed by atoms with Crippen molar-refractivity contribution in [1.82, 2.24) is 0 Å². The van der Waals surface area contributed by atoms with Gasteiger partial charge in [-0.05, 0) is 48.0 Å². The van der Waals surface area contributed by atoms with Gasteiger partial charge in [0.15, 0.2) is 11.5 Å². The van der Waals surface area contributed by atoms with Crippen LogP contribution in [-0.4, -0.2) is 37.1 Å². The normalized spacial score (nSPS) is 15.0. The average Bonchev–Trinajstić information content (AvgIpc) is 2.96. The Morgan fingerprint density at radius 1 is 1.07 bits per heavy atom. The number of aromatic hydroxyl groups is 1. The molecule has 0 spiro atoms. The van der Waals surface area contributed by atoms with Crippen LogP contribution in [-0.2, 0) is 14.4 Å². The lowest BCUT2D eigenvalue weighted by molar-refractivity contribution is -0.132. The van der Waals surface area contributed by atoms with E-state index in [-0.39, 0.29) is 35.1 Å². The first-order chi connectivity index (χ1) is 13.8. The zero-order valence-corrected chi connectivity index (χ0v) is 16.1. The van der Waals surface area contributed by atoms with Crippen molar-refractivity contribution in [3.63, 3.8) is 0 Å². The average molecular weight is 397 g/mol. The SMILES string of the molecule is COc1cc(C=C2CC(=O)N(c3ccc(OC(C)=O)cc3)C2=O)cc(OC)c1O. The molecule has 3 rings (SSSR count). The molecule has 1 heterocycles. The topological polar surface area (TPSA) is 102 Å². The molecule has 8 nitrogen and oxygen atoms in total. The lowest BCUT2D eigenvalue weighted by Crippen LogP contribution is -2.28. The van der Waals surface area contributed by atoms with E-state index in [4.69, 9.17) is 14.2 Å². The molecule has 0 atom stereocenters. The number of imide groups is 1. The van der Waals surface area contributed by atoms with Crippen LogP contribution < -0.4 is 19.1 Å². The molecule has 29 heavy (non-hydrogen) atoms. The molecule has 2 amide bonds. The van der Waals surface area contributed by atoms with Crippen molar-refractivity contribution in [2.75, 3.05) is 19.1 Å². The third-order valence-corrected chi connectivity index (χ3v) is 4.27. The van der Waals surface area contributed by atoms with Gasteiger partial charge in [-0.25, -0.2) is 4.90 Å². The van der Waals surface area contributed by atoms with E-state index in [1.54, 1.807) is 18.2 Å². The van der Waals surface area contributed by atoms with Crippen LogP contribution in [0.5, 0.6) is 23.0 Å². The van der Waals surface area contributed by atoms with E-state index in [0.717, 1.165) is 4.90 Å². The predicted octanol–water partition coefficient (Wildman–Crippen LogP) is 2.68. The number of phenolic OH excluding ortho intramolecular Hbond substituents is 1. The molecular weight excluding hydrogens is 378 g/mol. The first-order valence-corrected chi connectivity index (χ1v) is 8.65. The van der Waals surface area contributed by atoms with Crippen LogP contribution in [0.3, 0.4) is 0 Å². The maximum absolute atomic E-state index is 12.8. The number of anilines is 1. The van der Waals surface area contributed by atoms with Crippen molar-refractivity contribution in [3.8, 4) is 23.0 Å². The molecule has 1 N–H and O–H groups in total. The van der Waals surface area contributed by atoms with Gasteiger partial charge in [0.05, 0.1) is 26.3 Å². The van der Waals surface area contributed by atoms with Crippen molar-refractivity contribution < 1.29 is 33.7 Å². The molecule has 0 bridgehead atoms. The Balaban J connectivity index is 1.90. The second kappa shape index (κ2) is 8.05. The van der Waals surface area contributed by atoms with Crippen LogP contribution in [0.1, 0.15) is 18.9 Å². The maximum Gasteiger partial charge on any atom is 0.308 e. The third-order valence-electron chi connectivity index (χ3n) is 4.27. The number of hydrogen-bond acceptors (Lipinski definition) is 7. The van der Waals surface area contributed by atoms with E-state index in [9.17, 15) is 19.5 Å². The Morgan fingerprint density at radius 2 is 1.66 bits per heavy atom. The van der Waals surface area contributed by atoms with Crippen LogP contribution in [0.25, 0.3) is 6.08 Å². The van der Waals surface area contributed by atoms with Crippen LogP contribution >= 0.6 is 0 Å².